The summed E-state index contributed by atoms with van der Waals surface area (Å²) in [6.45, 7) is 0. The highest BCUT2D eigenvalue weighted by Gasteiger charge is 2.48. The van der Waals surface area contributed by atoms with Crippen molar-refractivity contribution in [3.63, 3.8) is 0 Å². The zero-order chi connectivity index (χ0) is 13.6. The van der Waals surface area contributed by atoms with Crippen LogP contribution < -0.4 is 4.18 Å². The Balaban J connectivity index is 2.48. The predicted octanol–water partition coefficient (Wildman–Crippen LogP) is 3.42. The van der Waals surface area contributed by atoms with Crippen LogP contribution in [0.4, 0.5) is 13.2 Å². The van der Waals surface area contributed by atoms with Gasteiger partial charge in [-0.25, -0.2) is 0 Å². The SMILES string of the molecule is O=S(=O)(Oc1coc2ccc(Br)cc12)C(F)(F)F. The van der Waals surface area contributed by atoms with Crippen molar-refractivity contribution >= 4 is 37.0 Å². The maximum absolute atomic E-state index is 12.2. The summed E-state index contributed by atoms with van der Waals surface area (Å²) in [5.74, 6) is -0.511. The zero-order valence-electron chi connectivity index (χ0n) is 8.36. The highest BCUT2D eigenvalue weighted by molar-refractivity contribution is 9.10. The second kappa shape index (κ2) is 4.16. The van der Waals surface area contributed by atoms with Crippen LogP contribution >= 0.6 is 15.9 Å². The summed E-state index contributed by atoms with van der Waals surface area (Å²) in [4.78, 5) is 0. The van der Waals surface area contributed by atoms with Gasteiger partial charge in [0.25, 0.3) is 0 Å². The Kier molecular flexibility index (Phi) is 3.06. The predicted molar refractivity (Wildman–Crippen MR) is 59.5 cm³/mol. The van der Waals surface area contributed by atoms with Gasteiger partial charge in [0, 0.05) is 4.47 Å². The largest absolute Gasteiger partial charge is 0.534 e. The first kappa shape index (κ1) is 13.2. The standard InChI is InChI=1S/C9H4BrF3O4S/c10-5-1-2-7-6(3-5)8(4-16-7)17-18(14,15)9(11,12)13/h1-4H. The number of hydrogen-bond donors (Lipinski definition) is 0. The summed E-state index contributed by atoms with van der Waals surface area (Å²) in [6.07, 6.45) is 0.806. The molecule has 0 saturated carbocycles. The molecule has 1 heterocycles. The molecule has 0 aliphatic carbocycles. The lowest BCUT2D eigenvalue weighted by Gasteiger charge is -2.07. The topological polar surface area (TPSA) is 56.5 Å². The molecule has 9 heteroatoms. The molecule has 0 atom stereocenters. The smallest absolute Gasteiger partial charge is 0.460 e. The van der Waals surface area contributed by atoms with E-state index in [1.807, 2.05) is 0 Å². The molecule has 4 nitrogen and oxygen atoms in total. The Labute approximate surface area is 108 Å². The molecule has 1 aromatic carbocycles. The summed E-state index contributed by atoms with van der Waals surface area (Å²) in [6, 6.07) is 4.44. The Morgan fingerprint density at radius 1 is 1.28 bits per heavy atom. The molecule has 18 heavy (non-hydrogen) atoms. The Hall–Kier alpha value is -1.22. The molecule has 0 unspecified atom stereocenters. The second-order valence-electron chi connectivity index (χ2n) is 3.22. The van der Waals surface area contributed by atoms with E-state index in [-0.39, 0.29) is 11.0 Å². The molecule has 0 bridgehead atoms. The van der Waals surface area contributed by atoms with Crippen LogP contribution in [0.3, 0.4) is 0 Å². The van der Waals surface area contributed by atoms with E-state index in [4.69, 9.17) is 4.42 Å². The molecule has 0 aliphatic heterocycles. The van der Waals surface area contributed by atoms with Crippen LogP contribution in [-0.4, -0.2) is 13.9 Å². The maximum atomic E-state index is 12.2. The lowest BCUT2D eigenvalue weighted by molar-refractivity contribution is -0.0499. The quantitative estimate of drug-likeness (QED) is 0.618. The minimum Gasteiger partial charge on any atom is -0.460 e. The number of hydrogen-bond acceptors (Lipinski definition) is 4. The molecular weight excluding hydrogens is 341 g/mol. The molecule has 0 spiro atoms. The molecule has 2 rings (SSSR count). The summed E-state index contributed by atoms with van der Waals surface area (Å²) in [7, 11) is -5.70. The van der Waals surface area contributed by atoms with Crippen molar-refractivity contribution in [2.45, 2.75) is 5.51 Å². The second-order valence-corrected chi connectivity index (χ2v) is 5.68. The lowest BCUT2D eigenvalue weighted by atomic mass is 10.2. The van der Waals surface area contributed by atoms with E-state index >= 15 is 0 Å². The Bertz CT molecular complexity index is 689. The third kappa shape index (κ3) is 2.32. The van der Waals surface area contributed by atoms with Crippen LogP contribution in [0.2, 0.25) is 0 Å². The van der Waals surface area contributed by atoms with Gasteiger partial charge in [0.1, 0.15) is 11.8 Å². The first-order valence-electron chi connectivity index (χ1n) is 4.38. The third-order valence-electron chi connectivity index (χ3n) is 1.98. The van der Waals surface area contributed by atoms with Gasteiger partial charge in [-0.3, -0.25) is 0 Å². The Morgan fingerprint density at radius 2 is 1.94 bits per heavy atom. The van der Waals surface area contributed by atoms with Gasteiger partial charge in [0.15, 0.2) is 5.75 Å². The number of rotatable bonds is 2. The summed E-state index contributed by atoms with van der Waals surface area (Å²) < 4.78 is 67.6. The van der Waals surface area contributed by atoms with Crippen molar-refractivity contribution in [1.82, 2.24) is 0 Å². The van der Waals surface area contributed by atoms with Crippen molar-refractivity contribution in [3.05, 3.63) is 28.9 Å². The van der Waals surface area contributed by atoms with Crippen molar-refractivity contribution in [1.29, 1.82) is 0 Å². The first-order valence-corrected chi connectivity index (χ1v) is 6.58. The zero-order valence-corrected chi connectivity index (χ0v) is 10.8. The van der Waals surface area contributed by atoms with Crippen molar-refractivity contribution < 1.29 is 30.2 Å². The van der Waals surface area contributed by atoms with Crippen LogP contribution in [0, 0.1) is 0 Å². The first-order chi connectivity index (χ1) is 8.21. The summed E-state index contributed by atoms with van der Waals surface area (Å²) in [5, 5.41) is 0.122. The van der Waals surface area contributed by atoms with Gasteiger partial charge >= 0.3 is 15.6 Å². The molecule has 0 aliphatic rings. The van der Waals surface area contributed by atoms with Gasteiger partial charge in [-0.2, -0.15) is 21.6 Å². The number of furan rings is 1. The minimum absolute atomic E-state index is 0.122. The highest BCUT2D eigenvalue weighted by atomic mass is 79.9. The molecular formula is C9H4BrF3O4S. The number of benzene rings is 1. The molecule has 0 amide bonds. The summed E-state index contributed by atoms with van der Waals surface area (Å²) in [5.41, 5.74) is -5.27. The van der Waals surface area contributed by atoms with Crippen LogP contribution in [-0.2, 0) is 10.1 Å². The fourth-order valence-electron chi connectivity index (χ4n) is 1.21. The van der Waals surface area contributed by atoms with E-state index in [9.17, 15) is 21.6 Å². The van der Waals surface area contributed by atoms with Gasteiger partial charge in [-0.15, -0.1) is 0 Å². The molecule has 0 N–H and O–H groups in total. The van der Waals surface area contributed by atoms with E-state index in [1.165, 1.54) is 12.1 Å². The van der Waals surface area contributed by atoms with Gasteiger partial charge < -0.3 is 8.60 Å². The van der Waals surface area contributed by atoms with Gasteiger partial charge in [-0.1, -0.05) is 15.9 Å². The summed E-state index contributed by atoms with van der Waals surface area (Å²) >= 11 is 3.10. The molecule has 0 fully saturated rings. The number of alkyl halides is 3. The fourth-order valence-corrected chi connectivity index (χ4v) is 2.03. The average Bonchev–Trinajstić information content (AvgIpc) is 2.59. The minimum atomic E-state index is -5.70. The normalized spacial score (nSPS) is 12.9. The van der Waals surface area contributed by atoms with Crippen molar-refractivity contribution in [2.75, 3.05) is 0 Å². The van der Waals surface area contributed by atoms with E-state index in [0.717, 1.165) is 6.26 Å². The number of fused-ring (bicyclic) bond motifs is 1. The maximum Gasteiger partial charge on any atom is 0.534 e. The molecule has 0 radical (unpaired) electrons. The van der Waals surface area contributed by atoms with E-state index in [0.29, 0.717) is 4.47 Å². The molecule has 1 aromatic heterocycles. The van der Waals surface area contributed by atoms with Crippen LogP contribution in [0.5, 0.6) is 5.75 Å². The van der Waals surface area contributed by atoms with Crippen LogP contribution in [0.25, 0.3) is 11.0 Å². The van der Waals surface area contributed by atoms with Crippen molar-refractivity contribution in [2.24, 2.45) is 0 Å². The van der Waals surface area contributed by atoms with E-state index in [2.05, 4.69) is 20.1 Å². The van der Waals surface area contributed by atoms with E-state index in [1.54, 1.807) is 6.07 Å². The molecule has 0 saturated heterocycles. The fraction of sp³-hybridized carbons (Fsp3) is 0.111. The van der Waals surface area contributed by atoms with Gasteiger partial charge in [-0.05, 0) is 18.2 Å². The van der Waals surface area contributed by atoms with E-state index < -0.39 is 21.4 Å². The lowest BCUT2D eigenvalue weighted by Crippen LogP contribution is -2.27. The van der Waals surface area contributed by atoms with Gasteiger partial charge in [0.2, 0.25) is 0 Å². The number of halogens is 4. The highest BCUT2D eigenvalue weighted by Crippen LogP contribution is 2.34. The molecule has 98 valence electrons. The van der Waals surface area contributed by atoms with Gasteiger partial charge in [0.05, 0.1) is 5.39 Å². The van der Waals surface area contributed by atoms with Crippen molar-refractivity contribution in [3.8, 4) is 5.75 Å². The van der Waals surface area contributed by atoms with Crippen LogP contribution in [0.15, 0.2) is 33.4 Å². The molecule has 2 aromatic rings. The van der Waals surface area contributed by atoms with Crippen LogP contribution in [0.1, 0.15) is 0 Å². The third-order valence-corrected chi connectivity index (χ3v) is 3.44. The Morgan fingerprint density at radius 3 is 2.56 bits per heavy atom. The monoisotopic (exact) mass is 344 g/mol. The average molecular weight is 345 g/mol.